The lowest BCUT2D eigenvalue weighted by molar-refractivity contribution is 0.0528. The SMILES string of the molecule is Cc1cc(C(C)NCCNC(=O)OC(C)(C)C)c(C)o1. The number of ether oxygens (including phenoxy) is 1. The second kappa shape index (κ2) is 6.79. The van der Waals surface area contributed by atoms with Crippen molar-refractivity contribution >= 4 is 6.09 Å². The molecule has 5 heteroatoms. The number of carbonyl (C=O) groups is 1. The summed E-state index contributed by atoms with van der Waals surface area (Å²) >= 11 is 0. The highest BCUT2D eigenvalue weighted by Gasteiger charge is 2.16. The molecule has 1 aromatic rings. The number of furan rings is 1. The van der Waals surface area contributed by atoms with E-state index < -0.39 is 5.60 Å². The first-order chi connectivity index (χ1) is 9.19. The third-order valence-corrected chi connectivity index (χ3v) is 2.79. The Labute approximate surface area is 121 Å². The Morgan fingerprint density at radius 2 is 2.00 bits per heavy atom. The largest absolute Gasteiger partial charge is 0.466 e. The molecule has 0 saturated carbocycles. The van der Waals surface area contributed by atoms with Crippen LogP contribution in [0.25, 0.3) is 0 Å². The maximum absolute atomic E-state index is 11.5. The van der Waals surface area contributed by atoms with E-state index in [0.717, 1.165) is 17.1 Å². The monoisotopic (exact) mass is 282 g/mol. The molecule has 0 aliphatic heterocycles. The van der Waals surface area contributed by atoms with Crippen molar-refractivity contribution in [3.63, 3.8) is 0 Å². The van der Waals surface area contributed by atoms with Gasteiger partial charge in [-0.25, -0.2) is 4.79 Å². The van der Waals surface area contributed by atoms with Gasteiger partial charge in [-0.3, -0.25) is 0 Å². The van der Waals surface area contributed by atoms with Crippen LogP contribution in [0.2, 0.25) is 0 Å². The van der Waals surface area contributed by atoms with Gasteiger partial charge in [0, 0.05) is 24.7 Å². The molecule has 114 valence electrons. The van der Waals surface area contributed by atoms with Crippen molar-refractivity contribution in [2.24, 2.45) is 0 Å². The molecular weight excluding hydrogens is 256 g/mol. The number of rotatable bonds is 5. The Bertz CT molecular complexity index is 446. The highest BCUT2D eigenvalue weighted by atomic mass is 16.6. The van der Waals surface area contributed by atoms with Gasteiger partial charge in [0.2, 0.25) is 0 Å². The van der Waals surface area contributed by atoms with Gasteiger partial charge in [0.05, 0.1) is 0 Å². The van der Waals surface area contributed by atoms with Gasteiger partial charge < -0.3 is 19.8 Å². The zero-order chi connectivity index (χ0) is 15.3. The van der Waals surface area contributed by atoms with Crippen LogP contribution in [-0.2, 0) is 4.74 Å². The molecule has 0 aliphatic rings. The maximum atomic E-state index is 11.5. The normalized spacial score (nSPS) is 13.1. The molecule has 1 amide bonds. The van der Waals surface area contributed by atoms with Gasteiger partial charge >= 0.3 is 6.09 Å². The van der Waals surface area contributed by atoms with Crippen LogP contribution in [0.3, 0.4) is 0 Å². The number of hydrogen-bond acceptors (Lipinski definition) is 4. The van der Waals surface area contributed by atoms with Crippen molar-refractivity contribution in [3.05, 3.63) is 23.2 Å². The quantitative estimate of drug-likeness (QED) is 0.815. The first-order valence-electron chi connectivity index (χ1n) is 6.96. The summed E-state index contributed by atoms with van der Waals surface area (Å²) < 4.78 is 10.7. The van der Waals surface area contributed by atoms with Crippen molar-refractivity contribution in [1.29, 1.82) is 0 Å². The topological polar surface area (TPSA) is 63.5 Å². The molecule has 0 aromatic carbocycles. The number of carbonyl (C=O) groups excluding carboxylic acids is 1. The first-order valence-corrected chi connectivity index (χ1v) is 6.96. The van der Waals surface area contributed by atoms with Crippen molar-refractivity contribution < 1.29 is 13.9 Å². The molecule has 0 bridgehead atoms. The fraction of sp³-hybridized carbons (Fsp3) is 0.667. The van der Waals surface area contributed by atoms with Crippen molar-refractivity contribution in [2.45, 2.75) is 53.2 Å². The van der Waals surface area contributed by atoms with E-state index in [9.17, 15) is 4.79 Å². The van der Waals surface area contributed by atoms with Gasteiger partial charge in [0.15, 0.2) is 0 Å². The third kappa shape index (κ3) is 5.65. The van der Waals surface area contributed by atoms with E-state index in [2.05, 4.69) is 17.6 Å². The van der Waals surface area contributed by atoms with E-state index in [4.69, 9.17) is 9.15 Å². The van der Waals surface area contributed by atoms with Crippen LogP contribution in [0.15, 0.2) is 10.5 Å². The molecule has 0 saturated heterocycles. The minimum absolute atomic E-state index is 0.188. The van der Waals surface area contributed by atoms with E-state index in [1.165, 1.54) is 0 Å². The minimum atomic E-state index is -0.462. The summed E-state index contributed by atoms with van der Waals surface area (Å²) in [6.45, 7) is 12.7. The second-order valence-corrected chi connectivity index (χ2v) is 5.97. The minimum Gasteiger partial charge on any atom is -0.466 e. The Morgan fingerprint density at radius 3 is 2.50 bits per heavy atom. The fourth-order valence-corrected chi connectivity index (χ4v) is 1.96. The Morgan fingerprint density at radius 1 is 1.35 bits per heavy atom. The molecule has 5 nitrogen and oxygen atoms in total. The van der Waals surface area contributed by atoms with Gasteiger partial charge in [-0.15, -0.1) is 0 Å². The Kier molecular flexibility index (Phi) is 5.62. The molecule has 20 heavy (non-hydrogen) atoms. The van der Waals surface area contributed by atoms with Gasteiger partial charge in [-0.2, -0.15) is 0 Å². The summed E-state index contributed by atoms with van der Waals surface area (Å²) in [7, 11) is 0. The van der Waals surface area contributed by atoms with Crippen LogP contribution in [0, 0.1) is 13.8 Å². The fourth-order valence-electron chi connectivity index (χ4n) is 1.96. The van der Waals surface area contributed by atoms with Crippen LogP contribution < -0.4 is 10.6 Å². The van der Waals surface area contributed by atoms with Gasteiger partial charge in [-0.05, 0) is 47.6 Å². The summed E-state index contributed by atoms with van der Waals surface area (Å²) in [5.74, 6) is 1.85. The lowest BCUT2D eigenvalue weighted by Crippen LogP contribution is -2.36. The molecule has 0 aliphatic carbocycles. The average molecular weight is 282 g/mol. The molecule has 1 atom stereocenters. The summed E-state index contributed by atoms with van der Waals surface area (Å²) in [5, 5.41) is 6.06. The zero-order valence-electron chi connectivity index (χ0n) is 13.3. The van der Waals surface area contributed by atoms with Crippen molar-refractivity contribution in [3.8, 4) is 0 Å². The van der Waals surface area contributed by atoms with Crippen LogP contribution >= 0.6 is 0 Å². The van der Waals surface area contributed by atoms with Crippen LogP contribution in [0.4, 0.5) is 4.79 Å². The highest BCUT2D eigenvalue weighted by molar-refractivity contribution is 5.67. The Balaban J connectivity index is 2.28. The smallest absolute Gasteiger partial charge is 0.407 e. The molecule has 2 N–H and O–H groups in total. The summed E-state index contributed by atoms with van der Waals surface area (Å²) in [5.41, 5.74) is 0.690. The van der Waals surface area contributed by atoms with Gasteiger partial charge in [0.1, 0.15) is 17.1 Å². The average Bonchev–Trinajstić information content (AvgIpc) is 2.61. The lowest BCUT2D eigenvalue weighted by atomic mass is 10.1. The van der Waals surface area contributed by atoms with Crippen molar-refractivity contribution in [2.75, 3.05) is 13.1 Å². The molecule has 0 radical (unpaired) electrons. The van der Waals surface area contributed by atoms with E-state index in [-0.39, 0.29) is 12.1 Å². The molecule has 1 unspecified atom stereocenters. The van der Waals surface area contributed by atoms with Gasteiger partial charge in [0.25, 0.3) is 0 Å². The standard InChI is InChI=1S/C15H26N2O3/c1-10-9-13(12(3)19-10)11(2)16-7-8-17-14(18)20-15(4,5)6/h9,11,16H,7-8H2,1-6H3,(H,17,18). The zero-order valence-corrected chi connectivity index (χ0v) is 13.3. The van der Waals surface area contributed by atoms with E-state index in [0.29, 0.717) is 13.1 Å². The van der Waals surface area contributed by atoms with Crippen LogP contribution in [-0.4, -0.2) is 24.8 Å². The van der Waals surface area contributed by atoms with Crippen LogP contribution in [0.5, 0.6) is 0 Å². The molecule has 0 fully saturated rings. The van der Waals surface area contributed by atoms with E-state index in [1.807, 2.05) is 40.7 Å². The third-order valence-electron chi connectivity index (χ3n) is 2.79. The number of hydrogen-bond donors (Lipinski definition) is 2. The second-order valence-electron chi connectivity index (χ2n) is 5.97. The lowest BCUT2D eigenvalue weighted by Gasteiger charge is -2.20. The number of aryl methyl sites for hydroxylation is 2. The maximum Gasteiger partial charge on any atom is 0.407 e. The predicted molar refractivity (Wildman–Crippen MR) is 78.8 cm³/mol. The Hall–Kier alpha value is -1.49. The number of alkyl carbamates (subject to hydrolysis) is 1. The summed E-state index contributed by atoms with van der Waals surface area (Å²) in [4.78, 5) is 11.5. The van der Waals surface area contributed by atoms with E-state index >= 15 is 0 Å². The highest BCUT2D eigenvalue weighted by Crippen LogP contribution is 2.20. The predicted octanol–water partition coefficient (Wildman–Crippen LogP) is 3.07. The summed E-state index contributed by atoms with van der Waals surface area (Å²) in [6, 6.07) is 2.22. The van der Waals surface area contributed by atoms with Crippen LogP contribution in [0.1, 0.15) is 50.8 Å². The number of amides is 1. The van der Waals surface area contributed by atoms with Crippen molar-refractivity contribution in [1.82, 2.24) is 10.6 Å². The first kappa shape index (κ1) is 16.6. The molecule has 1 rings (SSSR count). The van der Waals surface area contributed by atoms with E-state index in [1.54, 1.807) is 0 Å². The molecule has 1 aromatic heterocycles. The van der Waals surface area contributed by atoms with Gasteiger partial charge in [-0.1, -0.05) is 0 Å². The molecule has 1 heterocycles. The molecular formula is C15H26N2O3. The number of nitrogens with one attached hydrogen (secondary N) is 2. The summed E-state index contributed by atoms with van der Waals surface area (Å²) in [6.07, 6.45) is -0.387. The molecule has 0 spiro atoms.